The van der Waals surface area contributed by atoms with Gasteiger partial charge in [-0.25, -0.2) is 4.79 Å². The van der Waals surface area contributed by atoms with E-state index in [0.29, 0.717) is 29.6 Å². The van der Waals surface area contributed by atoms with E-state index in [9.17, 15) is 22.8 Å². The van der Waals surface area contributed by atoms with Crippen LogP contribution in [0.3, 0.4) is 0 Å². The Hall–Kier alpha value is -2.09. The summed E-state index contributed by atoms with van der Waals surface area (Å²) in [5.74, 6) is -1.62. The Balaban J connectivity index is 1.71. The lowest BCUT2D eigenvalue weighted by atomic mass is 9.97. The maximum absolute atomic E-state index is 12.8. The van der Waals surface area contributed by atoms with E-state index in [4.69, 9.17) is 0 Å². The van der Waals surface area contributed by atoms with Crippen molar-refractivity contribution in [1.82, 2.24) is 14.9 Å². The molecule has 23 heavy (non-hydrogen) atoms. The molecule has 0 amide bonds. The number of H-pyrrole nitrogens is 2. The maximum Gasteiger partial charge on any atom is 0.393 e. The molecule has 1 aromatic heterocycles. The van der Waals surface area contributed by atoms with Crippen LogP contribution in [0.15, 0.2) is 23.0 Å². The third-order valence-corrected chi connectivity index (χ3v) is 4.17. The summed E-state index contributed by atoms with van der Waals surface area (Å²) < 4.78 is 38.4. The van der Waals surface area contributed by atoms with E-state index >= 15 is 0 Å². The van der Waals surface area contributed by atoms with Crippen molar-refractivity contribution in [1.29, 1.82) is 0 Å². The van der Waals surface area contributed by atoms with E-state index in [1.807, 2.05) is 0 Å². The number of rotatable bonds is 3. The molecule has 0 saturated carbocycles. The van der Waals surface area contributed by atoms with E-state index in [1.165, 1.54) is 0 Å². The van der Waals surface area contributed by atoms with Gasteiger partial charge in [-0.3, -0.25) is 9.69 Å². The second-order valence-corrected chi connectivity index (χ2v) is 5.88. The van der Waals surface area contributed by atoms with Crippen LogP contribution in [-0.4, -0.2) is 46.5 Å². The first-order valence-corrected chi connectivity index (χ1v) is 7.37. The van der Waals surface area contributed by atoms with Gasteiger partial charge >= 0.3 is 11.9 Å². The van der Waals surface area contributed by atoms with Gasteiger partial charge in [-0.1, -0.05) is 0 Å². The van der Waals surface area contributed by atoms with Gasteiger partial charge in [0.05, 0.1) is 23.5 Å². The van der Waals surface area contributed by atoms with Crippen molar-refractivity contribution < 1.29 is 18.0 Å². The number of benzene rings is 1. The Morgan fingerprint density at radius 1 is 1.26 bits per heavy atom. The zero-order valence-corrected chi connectivity index (χ0v) is 12.2. The number of nitrogens with zero attached hydrogens (tertiary/aromatic N) is 1. The normalized spacial score (nSPS) is 20.0. The van der Waals surface area contributed by atoms with E-state index < -0.39 is 12.1 Å². The molecule has 1 aliphatic rings. The van der Waals surface area contributed by atoms with E-state index in [1.54, 1.807) is 23.1 Å². The maximum atomic E-state index is 12.8. The van der Waals surface area contributed by atoms with Crippen molar-refractivity contribution in [3.05, 3.63) is 34.2 Å². The number of fused-ring (bicyclic) bond motifs is 1. The average molecular weight is 327 g/mol. The summed E-state index contributed by atoms with van der Waals surface area (Å²) in [5, 5.41) is 0. The number of ketones is 1. The monoisotopic (exact) mass is 327 g/mol. The molecule has 0 aliphatic carbocycles. The largest absolute Gasteiger partial charge is 0.393 e. The first-order valence-electron chi connectivity index (χ1n) is 7.37. The molecule has 0 radical (unpaired) electrons. The lowest BCUT2D eigenvalue weighted by Crippen LogP contribution is -2.43. The van der Waals surface area contributed by atoms with E-state index in [-0.39, 0.29) is 31.0 Å². The zero-order valence-electron chi connectivity index (χ0n) is 12.2. The lowest BCUT2D eigenvalue weighted by molar-refractivity contribution is -0.186. The highest BCUT2D eigenvalue weighted by Crippen LogP contribution is 2.33. The molecule has 0 spiro atoms. The summed E-state index contributed by atoms with van der Waals surface area (Å²) >= 11 is 0. The molecule has 3 rings (SSSR count). The third kappa shape index (κ3) is 3.47. The van der Waals surface area contributed by atoms with Crippen LogP contribution in [0.1, 0.15) is 23.2 Å². The van der Waals surface area contributed by atoms with Gasteiger partial charge in [-0.2, -0.15) is 13.2 Å². The van der Waals surface area contributed by atoms with Gasteiger partial charge in [0.15, 0.2) is 5.78 Å². The SMILES string of the molecule is O=C(CN1CCCC(C(F)(F)F)C1)c1ccc2[nH]c(=O)[nH]c2c1. The van der Waals surface area contributed by atoms with Crippen molar-refractivity contribution in [2.45, 2.75) is 19.0 Å². The van der Waals surface area contributed by atoms with Crippen LogP contribution in [0, 0.1) is 5.92 Å². The van der Waals surface area contributed by atoms with Crippen LogP contribution in [0.4, 0.5) is 13.2 Å². The van der Waals surface area contributed by atoms with Gasteiger partial charge in [0.2, 0.25) is 0 Å². The van der Waals surface area contributed by atoms with Crippen molar-refractivity contribution >= 4 is 16.8 Å². The van der Waals surface area contributed by atoms with Crippen LogP contribution >= 0.6 is 0 Å². The van der Waals surface area contributed by atoms with Gasteiger partial charge in [0.25, 0.3) is 0 Å². The number of alkyl halides is 3. The number of halogens is 3. The van der Waals surface area contributed by atoms with Crippen molar-refractivity contribution in [3.63, 3.8) is 0 Å². The molecule has 1 saturated heterocycles. The second-order valence-electron chi connectivity index (χ2n) is 5.88. The van der Waals surface area contributed by atoms with Crippen LogP contribution < -0.4 is 5.69 Å². The summed E-state index contributed by atoms with van der Waals surface area (Å²) in [5.41, 5.74) is 1.10. The molecule has 1 fully saturated rings. The highest BCUT2D eigenvalue weighted by molar-refractivity contribution is 6.00. The lowest BCUT2D eigenvalue weighted by Gasteiger charge is -2.33. The molecule has 8 heteroatoms. The minimum absolute atomic E-state index is 0.0489. The minimum Gasteiger partial charge on any atom is -0.306 e. The third-order valence-electron chi connectivity index (χ3n) is 4.17. The van der Waals surface area contributed by atoms with Crippen LogP contribution in [-0.2, 0) is 0 Å². The van der Waals surface area contributed by atoms with E-state index in [2.05, 4.69) is 9.97 Å². The molecule has 1 atom stereocenters. The number of aromatic nitrogens is 2. The Bertz CT molecular complexity index is 778. The van der Waals surface area contributed by atoms with Crippen LogP contribution in [0.25, 0.3) is 11.0 Å². The number of hydrogen-bond donors (Lipinski definition) is 2. The van der Waals surface area contributed by atoms with Crippen molar-refractivity contribution in [3.8, 4) is 0 Å². The molecule has 2 N–H and O–H groups in total. The van der Waals surface area contributed by atoms with Crippen molar-refractivity contribution in [2.24, 2.45) is 5.92 Å². The first kappa shape index (κ1) is 15.8. The summed E-state index contributed by atoms with van der Waals surface area (Å²) in [6.07, 6.45) is -3.67. The van der Waals surface area contributed by atoms with Gasteiger partial charge in [0.1, 0.15) is 0 Å². The fourth-order valence-corrected chi connectivity index (χ4v) is 2.97. The Morgan fingerprint density at radius 2 is 2.00 bits per heavy atom. The van der Waals surface area contributed by atoms with Gasteiger partial charge in [0, 0.05) is 12.1 Å². The molecule has 5 nitrogen and oxygen atoms in total. The minimum atomic E-state index is -4.22. The predicted molar refractivity (Wildman–Crippen MR) is 78.5 cm³/mol. The highest BCUT2D eigenvalue weighted by atomic mass is 19.4. The average Bonchev–Trinajstić information content (AvgIpc) is 2.85. The van der Waals surface area contributed by atoms with E-state index in [0.717, 1.165) is 0 Å². The molecular formula is C15H16F3N3O2. The molecular weight excluding hydrogens is 311 g/mol. The van der Waals surface area contributed by atoms with Crippen molar-refractivity contribution in [2.75, 3.05) is 19.6 Å². The molecule has 124 valence electrons. The second kappa shape index (κ2) is 5.84. The summed E-state index contributed by atoms with van der Waals surface area (Å²) in [6.45, 7) is 0.298. The Labute approximate surface area is 129 Å². The van der Waals surface area contributed by atoms with Crippen LogP contribution in [0.5, 0.6) is 0 Å². The van der Waals surface area contributed by atoms with Crippen LogP contribution in [0.2, 0.25) is 0 Å². The first-order chi connectivity index (χ1) is 10.8. The molecule has 2 aromatic rings. The molecule has 0 bridgehead atoms. The molecule has 1 aromatic carbocycles. The summed E-state index contributed by atoms with van der Waals surface area (Å²) in [4.78, 5) is 30.2. The fraction of sp³-hybridized carbons (Fsp3) is 0.467. The fourth-order valence-electron chi connectivity index (χ4n) is 2.97. The highest BCUT2D eigenvalue weighted by Gasteiger charge is 2.41. The number of nitrogens with one attached hydrogen (secondary N) is 2. The zero-order chi connectivity index (χ0) is 16.6. The predicted octanol–water partition coefficient (Wildman–Crippen LogP) is 2.31. The number of imidazole rings is 1. The van der Waals surface area contributed by atoms with Gasteiger partial charge in [-0.05, 0) is 37.6 Å². The van der Waals surface area contributed by atoms with Gasteiger partial charge < -0.3 is 9.97 Å². The number of carbonyl (C=O) groups is 1. The molecule has 1 unspecified atom stereocenters. The number of carbonyl (C=O) groups excluding carboxylic acids is 1. The van der Waals surface area contributed by atoms with Gasteiger partial charge in [-0.15, -0.1) is 0 Å². The quantitative estimate of drug-likeness (QED) is 0.850. The Kier molecular flexibility index (Phi) is 4.01. The summed E-state index contributed by atoms with van der Waals surface area (Å²) in [6, 6.07) is 4.72. The number of piperidine rings is 1. The standard InChI is InChI=1S/C15H16F3N3O2/c16-15(17,18)10-2-1-5-21(7-10)8-13(22)9-3-4-11-12(6-9)20-14(23)19-11/h3-4,6,10H,1-2,5,7-8H2,(H2,19,20,23). The number of aromatic amines is 2. The molecule has 2 heterocycles. The smallest absolute Gasteiger partial charge is 0.306 e. The summed E-state index contributed by atoms with van der Waals surface area (Å²) in [7, 11) is 0. The Morgan fingerprint density at radius 3 is 2.74 bits per heavy atom. The number of likely N-dealkylation sites (tertiary alicyclic amines) is 1. The topological polar surface area (TPSA) is 69.0 Å². The molecule has 1 aliphatic heterocycles. The number of Topliss-reactive ketones (excluding diaryl/α,β-unsaturated/α-hetero) is 1. The number of hydrogen-bond acceptors (Lipinski definition) is 3.